The molecule has 1 fully saturated rings. The molecule has 0 spiro atoms. The first kappa shape index (κ1) is 10.3. The van der Waals surface area contributed by atoms with E-state index in [4.69, 9.17) is 0 Å². The van der Waals surface area contributed by atoms with E-state index in [-0.39, 0.29) is 0 Å². The van der Waals surface area contributed by atoms with Crippen molar-refractivity contribution in [2.24, 2.45) is 0 Å². The molecule has 1 saturated carbocycles. The summed E-state index contributed by atoms with van der Waals surface area (Å²) in [6.45, 7) is 0. The molecule has 0 aromatic carbocycles. The summed E-state index contributed by atoms with van der Waals surface area (Å²) in [5.74, 6) is 0. The molecule has 1 aliphatic rings. The van der Waals surface area contributed by atoms with E-state index >= 15 is 0 Å². The van der Waals surface area contributed by atoms with Crippen molar-refractivity contribution < 1.29 is 0 Å². The SMILES string of the molecule is IC1CCC(I)CC(I)C1. The van der Waals surface area contributed by atoms with Crippen molar-refractivity contribution in [3.8, 4) is 0 Å². The zero-order chi connectivity index (χ0) is 7.56. The lowest BCUT2D eigenvalue weighted by Gasteiger charge is -2.08. The van der Waals surface area contributed by atoms with Crippen LogP contribution in [0.1, 0.15) is 25.7 Å². The third-order valence-corrected chi connectivity index (χ3v) is 5.10. The lowest BCUT2D eigenvalue weighted by atomic mass is 10.2. The highest BCUT2D eigenvalue weighted by atomic mass is 127. The molecule has 0 aliphatic heterocycles. The van der Waals surface area contributed by atoms with Crippen molar-refractivity contribution in [3.05, 3.63) is 0 Å². The predicted octanol–water partition coefficient (Wildman–Crippen LogP) is 3.97. The van der Waals surface area contributed by atoms with Crippen LogP contribution in [0.5, 0.6) is 0 Å². The highest BCUT2D eigenvalue weighted by Gasteiger charge is 2.20. The van der Waals surface area contributed by atoms with Gasteiger partial charge in [-0.15, -0.1) is 0 Å². The van der Waals surface area contributed by atoms with Gasteiger partial charge in [-0.25, -0.2) is 0 Å². The Balaban J connectivity index is 2.38. The molecule has 3 heteroatoms. The summed E-state index contributed by atoms with van der Waals surface area (Å²) in [5, 5.41) is 0. The van der Waals surface area contributed by atoms with Gasteiger partial charge in [0.15, 0.2) is 0 Å². The normalized spacial score (nSPS) is 42.9. The smallest absolute Gasteiger partial charge is 0.0130 e. The molecule has 0 bridgehead atoms. The number of halogens is 3. The largest absolute Gasteiger partial charge is 0.0826 e. The molecule has 0 amide bonds. The molecule has 0 N–H and O–H groups in total. The second-order valence-corrected chi connectivity index (χ2v) is 8.13. The van der Waals surface area contributed by atoms with Crippen LogP contribution in [0.15, 0.2) is 0 Å². The Morgan fingerprint density at radius 1 is 0.700 bits per heavy atom. The Kier molecular flexibility index (Phi) is 5.17. The minimum atomic E-state index is 0.934. The van der Waals surface area contributed by atoms with Gasteiger partial charge in [-0.3, -0.25) is 0 Å². The monoisotopic (exact) mass is 476 g/mol. The van der Waals surface area contributed by atoms with Crippen LogP contribution in [-0.4, -0.2) is 11.8 Å². The van der Waals surface area contributed by atoms with Gasteiger partial charge < -0.3 is 0 Å². The highest BCUT2D eigenvalue weighted by molar-refractivity contribution is 14.1. The van der Waals surface area contributed by atoms with Crippen molar-refractivity contribution >= 4 is 67.8 Å². The van der Waals surface area contributed by atoms with Crippen molar-refractivity contribution in [2.75, 3.05) is 0 Å². The summed E-state index contributed by atoms with van der Waals surface area (Å²) < 4.78 is 2.82. The number of rotatable bonds is 0. The van der Waals surface area contributed by atoms with E-state index in [1.54, 1.807) is 0 Å². The molecule has 1 rings (SSSR count). The zero-order valence-electron chi connectivity index (χ0n) is 5.69. The van der Waals surface area contributed by atoms with E-state index in [0.717, 1.165) is 11.8 Å². The van der Waals surface area contributed by atoms with Gasteiger partial charge in [-0.05, 0) is 25.7 Å². The maximum Gasteiger partial charge on any atom is 0.0130 e. The lowest BCUT2D eigenvalue weighted by molar-refractivity contribution is 0.753. The summed E-state index contributed by atoms with van der Waals surface area (Å²) in [5.41, 5.74) is 0. The Bertz CT molecular complexity index is 93.0. The fourth-order valence-corrected chi connectivity index (χ4v) is 6.37. The van der Waals surface area contributed by atoms with Crippen molar-refractivity contribution in [1.29, 1.82) is 0 Å². The molecule has 10 heavy (non-hydrogen) atoms. The van der Waals surface area contributed by atoms with Gasteiger partial charge in [0.1, 0.15) is 0 Å². The maximum absolute atomic E-state index is 2.60. The Hall–Kier alpha value is 2.19. The van der Waals surface area contributed by atoms with E-state index in [1.165, 1.54) is 25.7 Å². The van der Waals surface area contributed by atoms with Crippen LogP contribution in [0, 0.1) is 0 Å². The van der Waals surface area contributed by atoms with Crippen LogP contribution in [0.3, 0.4) is 0 Å². The minimum absolute atomic E-state index is 0.934. The molecule has 0 radical (unpaired) electrons. The molecular formula is C7H11I3. The van der Waals surface area contributed by atoms with Crippen LogP contribution in [0.2, 0.25) is 0 Å². The second kappa shape index (κ2) is 5.04. The van der Waals surface area contributed by atoms with E-state index < -0.39 is 0 Å². The van der Waals surface area contributed by atoms with Gasteiger partial charge in [0, 0.05) is 11.8 Å². The van der Waals surface area contributed by atoms with Gasteiger partial charge >= 0.3 is 0 Å². The van der Waals surface area contributed by atoms with E-state index in [9.17, 15) is 0 Å². The fraction of sp³-hybridized carbons (Fsp3) is 1.00. The van der Waals surface area contributed by atoms with Gasteiger partial charge in [0.05, 0.1) is 0 Å². The van der Waals surface area contributed by atoms with Gasteiger partial charge in [-0.2, -0.15) is 0 Å². The average molecular weight is 476 g/mol. The van der Waals surface area contributed by atoms with Crippen molar-refractivity contribution in [3.63, 3.8) is 0 Å². The fourth-order valence-electron chi connectivity index (χ4n) is 1.25. The first-order valence-electron chi connectivity index (χ1n) is 3.60. The number of hydrogen-bond acceptors (Lipinski definition) is 0. The average Bonchev–Trinajstić information content (AvgIpc) is 1.93. The standard InChI is InChI=1S/C7H11I3/c8-5-1-2-6(9)4-7(10)3-5/h5-7H,1-4H2. The Morgan fingerprint density at radius 2 is 1.10 bits per heavy atom. The highest BCUT2D eigenvalue weighted by Crippen LogP contribution is 2.31. The zero-order valence-corrected chi connectivity index (χ0v) is 12.2. The summed E-state index contributed by atoms with van der Waals surface area (Å²) in [7, 11) is 0. The van der Waals surface area contributed by atoms with Crippen LogP contribution < -0.4 is 0 Å². The van der Waals surface area contributed by atoms with Crippen LogP contribution in [-0.2, 0) is 0 Å². The van der Waals surface area contributed by atoms with E-state index in [2.05, 4.69) is 67.8 Å². The molecule has 0 aromatic rings. The third-order valence-electron chi connectivity index (χ3n) is 1.82. The quantitative estimate of drug-likeness (QED) is 0.282. The lowest BCUT2D eigenvalue weighted by Crippen LogP contribution is -2.04. The predicted molar refractivity (Wildman–Crippen MR) is 71.9 cm³/mol. The third kappa shape index (κ3) is 3.73. The summed E-state index contributed by atoms with van der Waals surface area (Å²) >= 11 is 7.80. The number of alkyl halides is 3. The van der Waals surface area contributed by atoms with Crippen LogP contribution in [0.4, 0.5) is 0 Å². The molecular weight excluding hydrogens is 465 g/mol. The molecule has 0 heterocycles. The van der Waals surface area contributed by atoms with Crippen molar-refractivity contribution in [1.82, 2.24) is 0 Å². The topological polar surface area (TPSA) is 0 Å². The molecule has 0 aromatic heterocycles. The van der Waals surface area contributed by atoms with Crippen molar-refractivity contribution in [2.45, 2.75) is 37.5 Å². The first-order valence-corrected chi connectivity index (χ1v) is 7.34. The molecule has 1 aliphatic carbocycles. The number of hydrogen-bond donors (Lipinski definition) is 0. The molecule has 0 saturated heterocycles. The summed E-state index contributed by atoms with van der Waals surface area (Å²) in [4.78, 5) is 0. The molecule has 2 atom stereocenters. The van der Waals surface area contributed by atoms with Gasteiger partial charge in [-0.1, -0.05) is 67.8 Å². The summed E-state index contributed by atoms with van der Waals surface area (Å²) in [6, 6.07) is 0. The van der Waals surface area contributed by atoms with Gasteiger partial charge in [0.2, 0.25) is 0 Å². The van der Waals surface area contributed by atoms with Crippen LogP contribution >= 0.6 is 67.8 Å². The van der Waals surface area contributed by atoms with E-state index in [0.29, 0.717) is 0 Å². The van der Waals surface area contributed by atoms with Gasteiger partial charge in [0.25, 0.3) is 0 Å². The summed E-state index contributed by atoms with van der Waals surface area (Å²) in [6.07, 6.45) is 5.74. The Morgan fingerprint density at radius 3 is 1.50 bits per heavy atom. The van der Waals surface area contributed by atoms with Crippen LogP contribution in [0.25, 0.3) is 0 Å². The Labute approximate surface area is 104 Å². The van der Waals surface area contributed by atoms with E-state index in [1.807, 2.05) is 0 Å². The second-order valence-electron chi connectivity index (χ2n) is 2.84. The molecule has 0 nitrogen and oxygen atoms in total. The first-order chi connectivity index (χ1) is 4.68. The minimum Gasteiger partial charge on any atom is -0.0826 e. The molecule has 2 unspecified atom stereocenters. The molecule has 60 valence electrons. The maximum atomic E-state index is 2.60.